The SMILES string of the molecule is CCCCc1ccc(C(=O)N(CC)C2c3ccccc3CC2OP(=O)(O)OCC)cc1. The van der Waals surface area contributed by atoms with Crippen LogP contribution in [0, 0.1) is 0 Å². The highest BCUT2D eigenvalue weighted by molar-refractivity contribution is 7.47. The van der Waals surface area contributed by atoms with E-state index in [2.05, 4.69) is 6.92 Å². The molecule has 2 aromatic rings. The van der Waals surface area contributed by atoms with Crippen LogP contribution in [0.4, 0.5) is 0 Å². The Bertz CT molecular complexity index is 930. The first-order valence-electron chi connectivity index (χ1n) is 11.0. The van der Waals surface area contributed by atoms with Crippen molar-refractivity contribution in [2.24, 2.45) is 0 Å². The third-order valence-electron chi connectivity index (χ3n) is 5.67. The van der Waals surface area contributed by atoms with Crippen molar-refractivity contribution in [1.29, 1.82) is 0 Å². The Morgan fingerprint density at radius 2 is 1.84 bits per heavy atom. The third-order valence-corrected chi connectivity index (χ3v) is 6.79. The summed E-state index contributed by atoms with van der Waals surface area (Å²) in [6, 6.07) is 15.0. The van der Waals surface area contributed by atoms with Crippen LogP contribution < -0.4 is 0 Å². The summed E-state index contributed by atoms with van der Waals surface area (Å²) in [5.74, 6) is -0.121. The molecule has 7 heteroatoms. The predicted octanol–water partition coefficient (Wildman–Crippen LogP) is 5.31. The van der Waals surface area contributed by atoms with Crippen molar-refractivity contribution in [2.75, 3.05) is 13.2 Å². The zero-order valence-corrected chi connectivity index (χ0v) is 19.4. The smallest absolute Gasteiger partial charge is 0.329 e. The van der Waals surface area contributed by atoms with Crippen LogP contribution in [0.5, 0.6) is 0 Å². The van der Waals surface area contributed by atoms with Gasteiger partial charge in [-0.05, 0) is 55.5 Å². The van der Waals surface area contributed by atoms with Crippen molar-refractivity contribution >= 4 is 13.7 Å². The molecule has 1 aliphatic rings. The first-order valence-corrected chi connectivity index (χ1v) is 12.5. The third kappa shape index (κ3) is 5.64. The largest absolute Gasteiger partial charge is 0.472 e. The Morgan fingerprint density at radius 1 is 1.13 bits per heavy atom. The molecule has 0 heterocycles. The zero-order chi connectivity index (χ0) is 22.4. The van der Waals surface area contributed by atoms with E-state index < -0.39 is 20.0 Å². The van der Waals surface area contributed by atoms with Gasteiger partial charge in [0, 0.05) is 18.5 Å². The van der Waals surface area contributed by atoms with Gasteiger partial charge in [0.05, 0.1) is 18.8 Å². The molecule has 0 saturated carbocycles. The molecule has 3 atom stereocenters. The molecule has 3 rings (SSSR count). The Balaban J connectivity index is 1.88. The van der Waals surface area contributed by atoms with Crippen LogP contribution in [0.25, 0.3) is 0 Å². The molecule has 1 N–H and O–H groups in total. The lowest BCUT2D eigenvalue weighted by Gasteiger charge is -2.33. The lowest BCUT2D eigenvalue weighted by atomic mass is 10.0. The minimum atomic E-state index is -4.22. The molecule has 6 nitrogen and oxygen atoms in total. The molecule has 0 bridgehead atoms. The number of likely N-dealkylation sites (N-methyl/N-ethyl adjacent to an activating group) is 1. The van der Waals surface area contributed by atoms with Gasteiger partial charge < -0.3 is 9.79 Å². The maximum absolute atomic E-state index is 13.4. The van der Waals surface area contributed by atoms with E-state index in [0.717, 1.165) is 30.4 Å². The van der Waals surface area contributed by atoms with Crippen molar-refractivity contribution in [3.63, 3.8) is 0 Å². The highest BCUT2D eigenvalue weighted by atomic mass is 31.2. The fourth-order valence-electron chi connectivity index (χ4n) is 4.19. The molecule has 1 amide bonds. The zero-order valence-electron chi connectivity index (χ0n) is 18.5. The number of hydrogen-bond acceptors (Lipinski definition) is 4. The molecule has 0 spiro atoms. The second kappa shape index (κ2) is 10.6. The fraction of sp³-hybridized carbons (Fsp3) is 0.458. The van der Waals surface area contributed by atoms with Crippen LogP contribution in [-0.4, -0.2) is 35.0 Å². The molecule has 0 fully saturated rings. The van der Waals surface area contributed by atoms with Crippen molar-refractivity contribution in [1.82, 2.24) is 4.90 Å². The number of amides is 1. The maximum Gasteiger partial charge on any atom is 0.472 e. The quantitative estimate of drug-likeness (QED) is 0.502. The van der Waals surface area contributed by atoms with Crippen molar-refractivity contribution < 1.29 is 23.3 Å². The second-order valence-corrected chi connectivity index (χ2v) is 9.18. The predicted molar refractivity (Wildman–Crippen MR) is 121 cm³/mol. The Morgan fingerprint density at radius 3 is 2.48 bits per heavy atom. The summed E-state index contributed by atoms with van der Waals surface area (Å²) in [7, 11) is -4.22. The van der Waals surface area contributed by atoms with E-state index in [4.69, 9.17) is 9.05 Å². The van der Waals surface area contributed by atoms with E-state index in [1.165, 1.54) is 5.56 Å². The number of carbonyl (C=O) groups excluding carboxylic acids is 1. The number of rotatable bonds is 10. The van der Waals surface area contributed by atoms with Gasteiger partial charge >= 0.3 is 7.82 Å². The Kier molecular flexibility index (Phi) is 8.06. The number of phosphoric acid groups is 1. The summed E-state index contributed by atoms with van der Waals surface area (Å²) < 4.78 is 22.8. The van der Waals surface area contributed by atoms with Gasteiger partial charge in [0.25, 0.3) is 5.91 Å². The summed E-state index contributed by atoms with van der Waals surface area (Å²) in [5, 5.41) is 0. The van der Waals surface area contributed by atoms with Crippen LogP contribution in [-0.2, 0) is 26.5 Å². The van der Waals surface area contributed by atoms with Crippen molar-refractivity contribution in [3.05, 3.63) is 70.8 Å². The van der Waals surface area contributed by atoms with Gasteiger partial charge in [0.2, 0.25) is 0 Å². The number of nitrogens with zero attached hydrogens (tertiary/aromatic N) is 1. The molecular formula is C24H32NO5P. The first-order chi connectivity index (χ1) is 14.9. The number of phosphoric ester groups is 1. The van der Waals surface area contributed by atoms with Crippen molar-refractivity contribution in [2.45, 2.75) is 58.6 Å². The average Bonchev–Trinajstić information content (AvgIpc) is 3.10. The van der Waals surface area contributed by atoms with Crippen LogP contribution >= 0.6 is 7.82 Å². The Hall–Kier alpha value is -1.98. The van der Waals surface area contributed by atoms with Gasteiger partial charge in [-0.3, -0.25) is 13.8 Å². The number of unbranched alkanes of at least 4 members (excludes halogenated alkanes) is 1. The number of carbonyl (C=O) groups is 1. The standard InChI is InChI=1S/C24H32NO5P/c1-4-7-10-18-13-15-19(16-14-18)24(26)25(5-2)23-21-12-9-8-11-20(21)17-22(23)30-31(27,28)29-6-3/h8-9,11-16,22-23H,4-7,10,17H2,1-3H3,(H,27,28). The monoisotopic (exact) mass is 445 g/mol. The van der Waals surface area contributed by atoms with E-state index in [-0.39, 0.29) is 12.5 Å². The fourth-order valence-corrected chi connectivity index (χ4v) is 5.11. The molecule has 0 saturated heterocycles. The van der Waals surface area contributed by atoms with E-state index in [9.17, 15) is 14.3 Å². The molecule has 0 aromatic heterocycles. The van der Waals surface area contributed by atoms with Gasteiger partial charge in [-0.25, -0.2) is 4.57 Å². The van der Waals surface area contributed by atoms with E-state index >= 15 is 0 Å². The average molecular weight is 445 g/mol. The molecule has 31 heavy (non-hydrogen) atoms. The van der Waals surface area contributed by atoms with Gasteiger partial charge in [-0.2, -0.15) is 0 Å². The molecule has 1 aliphatic carbocycles. The minimum Gasteiger partial charge on any atom is -0.329 e. The number of aryl methyl sites for hydroxylation is 1. The number of benzene rings is 2. The first kappa shape index (κ1) is 23.7. The van der Waals surface area contributed by atoms with E-state index in [1.54, 1.807) is 11.8 Å². The highest BCUT2D eigenvalue weighted by Gasteiger charge is 2.42. The van der Waals surface area contributed by atoms with Crippen LogP contribution in [0.1, 0.15) is 66.7 Å². The van der Waals surface area contributed by atoms with Crippen LogP contribution in [0.15, 0.2) is 48.5 Å². The second-order valence-electron chi connectivity index (χ2n) is 7.77. The lowest BCUT2D eigenvalue weighted by Crippen LogP contribution is -2.39. The van der Waals surface area contributed by atoms with Crippen LogP contribution in [0.2, 0.25) is 0 Å². The van der Waals surface area contributed by atoms with Crippen molar-refractivity contribution in [3.8, 4) is 0 Å². The summed E-state index contributed by atoms with van der Waals surface area (Å²) in [6.07, 6.45) is 3.03. The molecule has 3 unspecified atom stereocenters. The summed E-state index contributed by atoms with van der Waals surface area (Å²) in [4.78, 5) is 25.3. The van der Waals surface area contributed by atoms with Gasteiger partial charge in [-0.15, -0.1) is 0 Å². The van der Waals surface area contributed by atoms with Gasteiger partial charge in [-0.1, -0.05) is 49.7 Å². The highest BCUT2D eigenvalue weighted by Crippen LogP contribution is 2.50. The van der Waals surface area contributed by atoms with Crippen LogP contribution in [0.3, 0.4) is 0 Å². The summed E-state index contributed by atoms with van der Waals surface area (Å²) >= 11 is 0. The molecule has 168 valence electrons. The van der Waals surface area contributed by atoms with Gasteiger partial charge in [0.15, 0.2) is 0 Å². The summed E-state index contributed by atoms with van der Waals surface area (Å²) in [5.41, 5.74) is 3.77. The molecule has 0 aliphatic heterocycles. The molecule has 2 aromatic carbocycles. The van der Waals surface area contributed by atoms with Gasteiger partial charge in [0.1, 0.15) is 0 Å². The van der Waals surface area contributed by atoms with E-state index in [0.29, 0.717) is 18.5 Å². The maximum atomic E-state index is 13.4. The number of hydrogen-bond donors (Lipinski definition) is 1. The molecular weight excluding hydrogens is 413 g/mol. The minimum absolute atomic E-state index is 0.0684. The lowest BCUT2D eigenvalue weighted by molar-refractivity contribution is 0.0354. The van der Waals surface area contributed by atoms with E-state index in [1.807, 2.05) is 55.5 Å². The topological polar surface area (TPSA) is 76.1 Å². The number of fused-ring (bicyclic) bond motifs is 1. The molecule has 0 radical (unpaired) electrons. The normalized spacial score (nSPS) is 19.6. The summed E-state index contributed by atoms with van der Waals surface area (Å²) in [6.45, 7) is 6.22. The Labute approximate surface area is 184 Å².